The van der Waals surface area contributed by atoms with E-state index in [1.807, 2.05) is 20.8 Å². The maximum atomic E-state index is 12.6. The van der Waals surface area contributed by atoms with Gasteiger partial charge in [-0.2, -0.15) is 0 Å². The number of nitrogens with one attached hydrogen (secondary N) is 1. The molecule has 8 heteroatoms. The number of aromatic nitrogens is 1. The van der Waals surface area contributed by atoms with E-state index >= 15 is 0 Å². The number of aryl methyl sites for hydroxylation is 1. The van der Waals surface area contributed by atoms with Crippen LogP contribution >= 0.6 is 0 Å². The van der Waals surface area contributed by atoms with E-state index in [1.54, 1.807) is 32.9 Å². The van der Waals surface area contributed by atoms with Crippen molar-refractivity contribution in [3.63, 3.8) is 0 Å². The van der Waals surface area contributed by atoms with Crippen LogP contribution in [-0.2, 0) is 9.47 Å². The van der Waals surface area contributed by atoms with Gasteiger partial charge in [0, 0.05) is 5.69 Å². The smallest absolute Gasteiger partial charge is 0.340 e. The Morgan fingerprint density at radius 3 is 2.28 bits per heavy atom. The summed E-state index contributed by atoms with van der Waals surface area (Å²) in [4.78, 5) is 40.1. The van der Waals surface area contributed by atoms with E-state index in [0.29, 0.717) is 47.5 Å². The molecular weight excluding hydrogens is 414 g/mol. The van der Waals surface area contributed by atoms with Crippen molar-refractivity contribution in [3.05, 3.63) is 46.3 Å². The molecule has 1 N–H and O–H groups in total. The van der Waals surface area contributed by atoms with Crippen molar-refractivity contribution in [2.24, 2.45) is 5.92 Å². The summed E-state index contributed by atoms with van der Waals surface area (Å²) in [6, 6.07) is 4.75. The number of Topliss-reactive ketones (excluding diaryl/α,β-unsaturated/α-hetero) is 1. The van der Waals surface area contributed by atoms with Crippen LogP contribution in [0.4, 0.5) is 0 Å². The van der Waals surface area contributed by atoms with Crippen molar-refractivity contribution < 1.29 is 33.3 Å². The van der Waals surface area contributed by atoms with Crippen LogP contribution in [0.2, 0.25) is 0 Å². The van der Waals surface area contributed by atoms with Crippen LogP contribution < -0.4 is 9.47 Å². The molecule has 0 amide bonds. The van der Waals surface area contributed by atoms with Crippen LogP contribution in [0, 0.1) is 19.8 Å². The molecule has 1 aromatic heterocycles. The highest BCUT2D eigenvalue weighted by atomic mass is 16.5. The van der Waals surface area contributed by atoms with Crippen molar-refractivity contribution in [2.45, 2.75) is 41.5 Å². The van der Waals surface area contributed by atoms with Gasteiger partial charge in [0.15, 0.2) is 18.1 Å². The molecule has 0 aliphatic rings. The van der Waals surface area contributed by atoms with Gasteiger partial charge in [0.05, 0.1) is 36.6 Å². The minimum atomic E-state index is -0.666. The molecule has 0 aliphatic carbocycles. The maximum absolute atomic E-state index is 12.6. The van der Waals surface area contributed by atoms with Gasteiger partial charge in [-0.3, -0.25) is 4.79 Å². The molecule has 0 aliphatic heterocycles. The first kappa shape index (κ1) is 25.0. The van der Waals surface area contributed by atoms with Crippen LogP contribution in [0.3, 0.4) is 0 Å². The Bertz CT molecular complexity index is 975. The average molecular weight is 446 g/mol. The summed E-state index contributed by atoms with van der Waals surface area (Å²) in [6.45, 7) is 11.6. The summed E-state index contributed by atoms with van der Waals surface area (Å²) < 4.78 is 21.6. The van der Waals surface area contributed by atoms with E-state index in [4.69, 9.17) is 18.9 Å². The van der Waals surface area contributed by atoms with Gasteiger partial charge in [-0.25, -0.2) is 9.59 Å². The zero-order valence-corrected chi connectivity index (χ0v) is 19.5. The van der Waals surface area contributed by atoms with E-state index < -0.39 is 24.3 Å². The molecule has 0 spiro atoms. The number of benzene rings is 1. The quantitative estimate of drug-likeness (QED) is 0.407. The predicted octanol–water partition coefficient (Wildman–Crippen LogP) is 4.28. The van der Waals surface area contributed by atoms with Gasteiger partial charge >= 0.3 is 11.9 Å². The summed E-state index contributed by atoms with van der Waals surface area (Å²) >= 11 is 0. The first-order valence-corrected chi connectivity index (χ1v) is 10.7. The normalized spacial score (nSPS) is 10.7. The minimum absolute atomic E-state index is 0.214. The fourth-order valence-electron chi connectivity index (χ4n) is 3.10. The van der Waals surface area contributed by atoms with Crippen molar-refractivity contribution in [1.29, 1.82) is 0 Å². The van der Waals surface area contributed by atoms with Gasteiger partial charge in [0.2, 0.25) is 5.78 Å². The molecule has 2 aromatic rings. The number of hydrogen-bond donors (Lipinski definition) is 1. The Morgan fingerprint density at radius 2 is 1.66 bits per heavy atom. The molecule has 8 nitrogen and oxygen atoms in total. The summed E-state index contributed by atoms with van der Waals surface area (Å²) in [5.74, 6) is -0.304. The highest BCUT2D eigenvalue weighted by Crippen LogP contribution is 2.29. The lowest BCUT2D eigenvalue weighted by atomic mass is 10.1. The summed E-state index contributed by atoms with van der Waals surface area (Å²) in [5.41, 5.74) is 1.76. The summed E-state index contributed by atoms with van der Waals surface area (Å²) in [7, 11) is 0. The second-order valence-corrected chi connectivity index (χ2v) is 7.64. The molecular formula is C24H31NO7. The van der Waals surface area contributed by atoms with E-state index in [0.717, 1.165) is 0 Å². The average Bonchev–Trinajstić information content (AvgIpc) is 3.05. The number of hydrogen-bond acceptors (Lipinski definition) is 7. The molecule has 174 valence electrons. The lowest BCUT2D eigenvalue weighted by Crippen LogP contribution is -2.16. The lowest BCUT2D eigenvalue weighted by molar-refractivity contribution is 0.0471. The highest BCUT2D eigenvalue weighted by Gasteiger charge is 2.24. The van der Waals surface area contributed by atoms with Crippen LogP contribution in [0.15, 0.2) is 18.2 Å². The van der Waals surface area contributed by atoms with E-state index in [2.05, 4.69) is 4.98 Å². The second-order valence-electron chi connectivity index (χ2n) is 7.64. The number of rotatable bonds is 11. The largest absolute Gasteiger partial charge is 0.490 e. The van der Waals surface area contributed by atoms with E-state index in [9.17, 15) is 14.4 Å². The maximum Gasteiger partial charge on any atom is 0.340 e. The predicted molar refractivity (Wildman–Crippen MR) is 119 cm³/mol. The molecule has 0 bridgehead atoms. The second kappa shape index (κ2) is 11.4. The molecule has 0 atom stereocenters. The zero-order valence-electron chi connectivity index (χ0n) is 19.5. The monoisotopic (exact) mass is 445 g/mol. The van der Waals surface area contributed by atoms with Crippen molar-refractivity contribution in [1.82, 2.24) is 4.98 Å². The Hall–Kier alpha value is -3.29. The Labute approximate surface area is 188 Å². The van der Waals surface area contributed by atoms with Crippen LogP contribution in [-0.4, -0.2) is 49.1 Å². The fraction of sp³-hybridized carbons (Fsp3) is 0.458. The molecule has 0 radical (unpaired) electrons. The number of carbonyl (C=O) groups is 3. The van der Waals surface area contributed by atoms with E-state index in [-0.39, 0.29) is 17.9 Å². The summed E-state index contributed by atoms with van der Waals surface area (Å²) in [5, 5.41) is 0. The number of esters is 2. The van der Waals surface area contributed by atoms with Gasteiger partial charge in [-0.15, -0.1) is 0 Å². The first-order valence-electron chi connectivity index (χ1n) is 10.7. The van der Waals surface area contributed by atoms with Gasteiger partial charge in [0.1, 0.15) is 0 Å². The third kappa shape index (κ3) is 6.12. The molecule has 0 saturated carbocycles. The molecule has 1 heterocycles. The van der Waals surface area contributed by atoms with Crippen LogP contribution in [0.25, 0.3) is 0 Å². The highest BCUT2D eigenvalue weighted by molar-refractivity contribution is 6.03. The van der Waals surface area contributed by atoms with E-state index in [1.165, 1.54) is 6.07 Å². The van der Waals surface area contributed by atoms with Gasteiger partial charge in [0.25, 0.3) is 0 Å². The molecule has 32 heavy (non-hydrogen) atoms. The number of carbonyl (C=O) groups excluding carboxylic acids is 3. The van der Waals surface area contributed by atoms with Crippen molar-refractivity contribution in [3.8, 4) is 11.5 Å². The van der Waals surface area contributed by atoms with Gasteiger partial charge in [-0.1, -0.05) is 13.8 Å². The lowest BCUT2D eigenvalue weighted by Gasteiger charge is -2.14. The molecule has 0 fully saturated rings. The SMILES string of the molecule is CCOC(=O)c1c(C)[nH]c(C(=O)COC(=O)c2ccc(OCC(C)C)c(OCC)c2)c1C. The molecule has 0 saturated heterocycles. The number of aromatic amines is 1. The van der Waals surface area contributed by atoms with Crippen LogP contribution in [0.5, 0.6) is 11.5 Å². The van der Waals surface area contributed by atoms with Crippen molar-refractivity contribution in [2.75, 3.05) is 26.4 Å². The topological polar surface area (TPSA) is 104 Å². The van der Waals surface area contributed by atoms with Gasteiger partial charge in [-0.05, 0) is 57.4 Å². The number of H-pyrrole nitrogens is 1. The molecule has 2 rings (SSSR count). The van der Waals surface area contributed by atoms with Crippen LogP contribution in [0.1, 0.15) is 70.2 Å². The standard InChI is InChI=1S/C24H31NO7/c1-7-29-20-11-17(9-10-19(20)31-12-14(3)4)23(27)32-13-18(26)22-15(5)21(16(6)25-22)24(28)30-8-2/h9-11,14,25H,7-8,12-13H2,1-6H3. The fourth-order valence-corrected chi connectivity index (χ4v) is 3.10. The Kier molecular flexibility index (Phi) is 8.87. The molecule has 0 unspecified atom stereocenters. The minimum Gasteiger partial charge on any atom is -0.490 e. The summed E-state index contributed by atoms with van der Waals surface area (Å²) in [6.07, 6.45) is 0. The Morgan fingerprint density at radius 1 is 0.938 bits per heavy atom. The zero-order chi connectivity index (χ0) is 23.8. The van der Waals surface area contributed by atoms with Gasteiger partial charge < -0.3 is 23.9 Å². The molecule has 1 aromatic carbocycles. The third-order valence-corrected chi connectivity index (χ3v) is 4.58. The number of ether oxygens (including phenoxy) is 4. The van der Waals surface area contributed by atoms with Crippen molar-refractivity contribution >= 4 is 17.7 Å². The Balaban J connectivity index is 2.10. The first-order chi connectivity index (χ1) is 15.2. The number of ketones is 1. The third-order valence-electron chi connectivity index (χ3n) is 4.58.